The molecule has 56 valence electrons. The topological polar surface area (TPSA) is 39.2 Å². The number of benzene rings is 1. The van der Waals surface area contributed by atoms with E-state index in [4.69, 9.17) is 8.83 Å². The van der Waals surface area contributed by atoms with Gasteiger partial charge < -0.3 is 8.83 Å². The number of hydrogen-bond donors (Lipinski definition) is 0. The summed E-state index contributed by atoms with van der Waals surface area (Å²) in [5.41, 5.74) is 4.54. The zero-order valence-electron chi connectivity index (χ0n) is 6.00. The lowest BCUT2D eigenvalue weighted by Gasteiger charge is -1.84. The van der Waals surface area contributed by atoms with Gasteiger partial charge in [0.1, 0.15) is 5.52 Å². The van der Waals surface area contributed by atoms with Gasteiger partial charge in [0.25, 0.3) is 0 Å². The largest absolute Gasteiger partial charge is 0.444 e. The van der Waals surface area contributed by atoms with Crippen LogP contribution in [0.15, 0.2) is 27.2 Å². The Morgan fingerprint density at radius 2 is 1.83 bits per heavy atom. The van der Waals surface area contributed by atoms with Crippen LogP contribution in [0, 0.1) is 0 Å². The Labute approximate surface area is 66.2 Å². The molecule has 0 bridgehead atoms. The molecule has 3 heterocycles. The van der Waals surface area contributed by atoms with Gasteiger partial charge in [-0.15, -0.1) is 0 Å². The molecule has 0 saturated heterocycles. The monoisotopic (exact) mass is 157 g/mol. The van der Waals surface area contributed by atoms with E-state index in [-0.39, 0.29) is 0 Å². The van der Waals surface area contributed by atoms with Crippen molar-refractivity contribution < 1.29 is 8.83 Å². The molecule has 3 nitrogen and oxygen atoms in total. The van der Waals surface area contributed by atoms with Gasteiger partial charge in [-0.2, -0.15) is 0 Å². The average molecular weight is 157 g/mol. The zero-order valence-corrected chi connectivity index (χ0v) is 6.00. The van der Waals surface area contributed by atoms with E-state index in [0.29, 0.717) is 0 Å². The van der Waals surface area contributed by atoms with Crippen molar-refractivity contribution in [1.82, 2.24) is 4.98 Å². The predicted octanol–water partition coefficient (Wildman–Crippen LogP) is 2.60. The van der Waals surface area contributed by atoms with Crippen LogP contribution in [0.2, 0.25) is 0 Å². The second-order valence-electron chi connectivity index (χ2n) is 2.92. The van der Waals surface area contributed by atoms with Crippen molar-refractivity contribution in [2.75, 3.05) is 0 Å². The molecule has 0 fully saturated rings. The summed E-state index contributed by atoms with van der Waals surface area (Å²) in [5, 5.41) is 1.06. The number of fused-ring (bicyclic) bond motifs is 6. The van der Waals surface area contributed by atoms with Crippen LogP contribution >= 0.6 is 0 Å². The van der Waals surface area contributed by atoms with Crippen molar-refractivity contribution in [3.63, 3.8) is 0 Å². The van der Waals surface area contributed by atoms with Gasteiger partial charge in [0.2, 0.25) is 16.7 Å². The fourth-order valence-corrected chi connectivity index (χ4v) is 1.55. The smallest absolute Gasteiger partial charge is 0.218 e. The van der Waals surface area contributed by atoms with E-state index in [9.17, 15) is 0 Å². The van der Waals surface area contributed by atoms with E-state index >= 15 is 0 Å². The van der Waals surface area contributed by atoms with Gasteiger partial charge in [-0.3, -0.25) is 4.98 Å². The van der Waals surface area contributed by atoms with Crippen molar-refractivity contribution in [1.29, 1.82) is 0 Å². The fraction of sp³-hybridized carbons (Fsp3) is 0. The number of hydrogen-bond acceptors (Lipinski definition) is 3. The summed E-state index contributed by atoms with van der Waals surface area (Å²) in [6.07, 6.45) is 1.76. The molecule has 3 aromatic heterocycles. The van der Waals surface area contributed by atoms with Crippen LogP contribution in [0.1, 0.15) is 0 Å². The highest BCUT2D eigenvalue weighted by atomic mass is 16.4. The summed E-state index contributed by atoms with van der Waals surface area (Å²) in [6, 6.07) is 3.90. The highest BCUT2D eigenvalue weighted by molar-refractivity contribution is 6.23. The number of aromatic nitrogens is 1. The maximum Gasteiger partial charge on any atom is 0.218 e. The first-order valence-electron chi connectivity index (χ1n) is 3.75. The fourth-order valence-electron chi connectivity index (χ4n) is 1.55. The second kappa shape index (κ2) is 1.27. The molecule has 0 aliphatic rings. The first-order chi connectivity index (χ1) is 5.95. The van der Waals surface area contributed by atoms with Gasteiger partial charge in [-0.25, -0.2) is 0 Å². The minimum atomic E-state index is 0.885. The lowest BCUT2D eigenvalue weighted by atomic mass is 10.2. The first kappa shape index (κ1) is 4.98. The van der Waals surface area contributed by atoms with Crippen LogP contribution in [-0.4, -0.2) is 4.98 Å². The Balaban J connectivity index is 2.50. The van der Waals surface area contributed by atoms with Gasteiger partial charge in [0.15, 0.2) is 5.58 Å². The standard InChI is InChI=1S/C9H3NO2/c1-2-4-5(10-3-1)7-9(12-7)8-6(4)11-8/h1-3H. The predicted molar refractivity (Wildman–Crippen MR) is 43.7 cm³/mol. The Hall–Kier alpha value is -1.77. The van der Waals surface area contributed by atoms with Crippen LogP contribution in [0.5, 0.6) is 0 Å². The Kier molecular flexibility index (Phi) is 0.525. The molecule has 3 heteroatoms. The van der Waals surface area contributed by atoms with Crippen LogP contribution in [0.3, 0.4) is 0 Å². The highest BCUT2D eigenvalue weighted by Crippen LogP contribution is 2.45. The Morgan fingerprint density at radius 3 is 2.83 bits per heavy atom. The van der Waals surface area contributed by atoms with Crippen molar-refractivity contribution in [3.05, 3.63) is 18.3 Å². The Bertz CT molecular complexity index is 602. The van der Waals surface area contributed by atoms with Crippen molar-refractivity contribution in [3.8, 4) is 0 Å². The minimum absolute atomic E-state index is 0.885. The molecule has 0 amide bonds. The first-order valence-corrected chi connectivity index (χ1v) is 3.75. The average Bonchev–Trinajstić information content (AvgIpc) is 2.98. The molecule has 0 radical (unpaired) electrons. The Morgan fingerprint density at radius 1 is 1.00 bits per heavy atom. The molecule has 1 aromatic carbocycles. The van der Waals surface area contributed by atoms with E-state index in [2.05, 4.69) is 4.98 Å². The summed E-state index contributed by atoms with van der Waals surface area (Å²) in [7, 11) is 0. The molecular weight excluding hydrogens is 154 g/mol. The third-order valence-corrected chi connectivity index (χ3v) is 2.21. The van der Waals surface area contributed by atoms with Crippen LogP contribution in [-0.2, 0) is 0 Å². The summed E-state index contributed by atoms with van der Waals surface area (Å²) >= 11 is 0. The van der Waals surface area contributed by atoms with Crippen LogP contribution < -0.4 is 0 Å². The van der Waals surface area contributed by atoms with Gasteiger partial charge in [-0.05, 0) is 12.1 Å². The molecule has 0 aliphatic carbocycles. The molecular formula is C9H3NO2. The summed E-state index contributed by atoms with van der Waals surface area (Å²) in [5.74, 6) is 0. The molecule has 4 aromatic rings. The molecule has 0 N–H and O–H groups in total. The van der Waals surface area contributed by atoms with Gasteiger partial charge in [0, 0.05) is 6.20 Å². The van der Waals surface area contributed by atoms with Crippen molar-refractivity contribution in [2.24, 2.45) is 0 Å². The lowest BCUT2D eigenvalue weighted by molar-refractivity contribution is 0.733. The van der Waals surface area contributed by atoms with E-state index in [0.717, 1.165) is 33.2 Å². The molecule has 0 spiro atoms. The van der Waals surface area contributed by atoms with Gasteiger partial charge in [-0.1, -0.05) is 0 Å². The van der Waals surface area contributed by atoms with E-state index in [1.54, 1.807) is 6.20 Å². The maximum absolute atomic E-state index is 5.27. The van der Waals surface area contributed by atoms with Crippen molar-refractivity contribution >= 4 is 33.2 Å². The number of nitrogens with zero attached hydrogens (tertiary/aromatic N) is 1. The third-order valence-electron chi connectivity index (χ3n) is 2.21. The highest BCUT2D eigenvalue weighted by Gasteiger charge is 2.26. The molecule has 0 saturated carbocycles. The zero-order chi connectivity index (χ0) is 7.71. The molecule has 4 rings (SSSR count). The van der Waals surface area contributed by atoms with Crippen molar-refractivity contribution in [2.45, 2.75) is 0 Å². The van der Waals surface area contributed by atoms with E-state index in [1.165, 1.54) is 0 Å². The number of rotatable bonds is 0. The SMILES string of the molecule is c1cnc2c(c1)c1oc1c1oc21. The normalized spacial score (nSPS) is 13.0. The second-order valence-corrected chi connectivity index (χ2v) is 2.92. The quantitative estimate of drug-likeness (QED) is 0.393. The molecule has 0 unspecified atom stereocenters. The van der Waals surface area contributed by atoms with E-state index < -0.39 is 0 Å². The lowest BCUT2D eigenvalue weighted by Crippen LogP contribution is -1.71. The molecule has 0 atom stereocenters. The minimum Gasteiger partial charge on any atom is -0.444 e. The molecule has 12 heavy (non-hydrogen) atoms. The maximum atomic E-state index is 5.27. The third kappa shape index (κ3) is 0.390. The van der Waals surface area contributed by atoms with Gasteiger partial charge >= 0.3 is 0 Å². The van der Waals surface area contributed by atoms with Crippen LogP contribution in [0.4, 0.5) is 0 Å². The summed E-state index contributed by atoms with van der Waals surface area (Å²) in [6.45, 7) is 0. The summed E-state index contributed by atoms with van der Waals surface area (Å²) < 4.78 is 10.5. The van der Waals surface area contributed by atoms with Crippen LogP contribution in [0.25, 0.3) is 33.2 Å². The van der Waals surface area contributed by atoms with Gasteiger partial charge in [0.05, 0.1) is 5.39 Å². The van der Waals surface area contributed by atoms with E-state index in [1.807, 2.05) is 12.1 Å². The summed E-state index contributed by atoms with van der Waals surface area (Å²) in [4.78, 5) is 4.22. The molecule has 0 aliphatic heterocycles. The number of pyridine rings is 1.